The molecule has 4 heterocycles. The molecule has 1 spiro atoms. The van der Waals surface area contributed by atoms with Gasteiger partial charge in [-0.3, -0.25) is 0 Å². The van der Waals surface area contributed by atoms with Gasteiger partial charge in [0.15, 0.2) is 5.82 Å². The third kappa shape index (κ3) is 2.28. The smallest absolute Gasteiger partial charge is 0.256 e. The molecule has 2 aromatic rings. The first-order valence-electron chi connectivity index (χ1n) is 9.65. The number of alkyl halides is 2. The van der Waals surface area contributed by atoms with Crippen LogP contribution in [0.25, 0.3) is 10.9 Å². The molecule has 2 aromatic heterocycles. The molecule has 27 heavy (non-hydrogen) atoms. The number of hydrogen-bond acceptors (Lipinski definition) is 6. The minimum atomic E-state index is -2.52. The molecule has 2 aliphatic carbocycles. The van der Waals surface area contributed by atoms with Crippen LogP contribution in [0, 0.1) is 17.3 Å². The predicted octanol–water partition coefficient (Wildman–Crippen LogP) is 2.23. The lowest BCUT2D eigenvalue weighted by Gasteiger charge is -2.19. The van der Waals surface area contributed by atoms with Crippen molar-refractivity contribution in [2.45, 2.75) is 24.8 Å². The van der Waals surface area contributed by atoms with E-state index in [9.17, 15) is 8.78 Å². The van der Waals surface area contributed by atoms with E-state index < -0.39 is 11.3 Å². The lowest BCUT2D eigenvalue weighted by molar-refractivity contribution is 0.0711. The number of nitrogens with zero attached hydrogens (tertiary/aromatic N) is 5. The average Bonchev–Trinajstić information content (AvgIpc) is 3.20. The Morgan fingerprint density at radius 1 is 1.22 bits per heavy atom. The fourth-order valence-electron chi connectivity index (χ4n) is 5.22. The summed E-state index contributed by atoms with van der Waals surface area (Å²) in [6.45, 7) is 3.20. The molecular weight excluding hydrogens is 350 g/mol. The van der Waals surface area contributed by atoms with Gasteiger partial charge in [-0.15, -0.1) is 0 Å². The van der Waals surface area contributed by atoms with Gasteiger partial charge in [-0.05, 0) is 31.4 Å². The first-order valence-corrected chi connectivity index (χ1v) is 9.65. The fraction of sp³-hybridized carbons (Fsp3) is 0.632. The summed E-state index contributed by atoms with van der Waals surface area (Å²) in [5.41, 5.74) is -0.0958. The first-order chi connectivity index (χ1) is 13.0. The van der Waals surface area contributed by atoms with Crippen LogP contribution in [-0.4, -0.2) is 65.0 Å². The number of anilines is 2. The van der Waals surface area contributed by atoms with Crippen molar-refractivity contribution in [2.75, 3.05) is 43.4 Å². The molecule has 0 radical (unpaired) electrons. The molecule has 2 saturated heterocycles. The second-order valence-electron chi connectivity index (χ2n) is 8.82. The maximum Gasteiger partial charge on any atom is 0.256 e. The second-order valence-corrected chi connectivity index (χ2v) is 8.82. The summed E-state index contributed by atoms with van der Waals surface area (Å²) in [5.74, 6) is 0.152. The van der Waals surface area contributed by atoms with E-state index in [2.05, 4.69) is 27.2 Å². The van der Waals surface area contributed by atoms with E-state index >= 15 is 0 Å². The highest BCUT2D eigenvalue weighted by molar-refractivity contribution is 5.88. The Labute approximate surface area is 156 Å². The summed E-state index contributed by atoms with van der Waals surface area (Å²) in [7, 11) is 2.15. The van der Waals surface area contributed by atoms with Crippen LogP contribution in [0.15, 0.2) is 18.5 Å². The summed E-state index contributed by atoms with van der Waals surface area (Å²) in [5, 5.41) is 4.37. The van der Waals surface area contributed by atoms with Crippen molar-refractivity contribution in [3.8, 4) is 0 Å². The van der Waals surface area contributed by atoms with Crippen LogP contribution in [0.3, 0.4) is 0 Å². The van der Waals surface area contributed by atoms with E-state index in [0.717, 1.165) is 24.0 Å². The van der Waals surface area contributed by atoms with Gasteiger partial charge in [-0.1, -0.05) is 0 Å². The number of aromatic nitrogens is 3. The lowest BCUT2D eigenvalue weighted by atomic mass is 10.1. The number of halogens is 2. The van der Waals surface area contributed by atoms with E-state index in [0.29, 0.717) is 49.2 Å². The number of pyridine rings is 1. The van der Waals surface area contributed by atoms with Crippen LogP contribution < -0.4 is 10.2 Å². The molecule has 2 saturated carbocycles. The molecule has 2 unspecified atom stereocenters. The molecule has 4 atom stereocenters. The van der Waals surface area contributed by atoms with Crippen molar-refractivity contribution in [2.24, 2.45) is 17.3 Å². The quantitative estimate of drug-likeness (QED) is 0.892. The van der Waals surface area contributed by atoms with Gasteiger partial charge in [0, 0.05) is 56.4 Å². The monoisotopic (exact) mass is 372 g/mol. The van der Waals surface area contributed by atoms with Crippen molar-refractivity contribution >= 4 is 22.7 Å². The Balaban J connectivity index is 1.28. The predicted molar refractivity (Wildman–Crippen MR) is 98.0 cm³/mol. The molecule has 6 rings (SSSR count). The van der Waals surface area contributed by atoms with Gasteiger partial charge < -0.3 is 15.1 Å². The Morgan fingerprint density at radius 3 is 2.70 bits per heavy atom. The number of likely N-dealkylation sites (tertiary alicyclic amines) is 1. The van der Waals surface area contributed by atoms with Crippen molar-refractivity contribution < 1.29 is 8.78 Å². The normalized spacial score (nSPS) is 36.4. The Morgan fingerprint density at radius 2 is 2.00 bits per heavy atom. The Bertz CT molecular complexity index is 924. The number of rotatable bonds is 3. The largest absolute Gasteiger partial charge is 0.354 e. The van der Waals surface area contributed by atoms with Gasteiger partial charge in [0.1, 0.15) is 5.52 Å². The Hall–Kier alpha value is -2.09. The highest BCUT2D eigenvalue weighted by Gasteiger charge is 2.72. The maximum atomic E-state index is 13.8. The molecule has 0 aromatic carbocycles. The van der Waals surface area contributed by atoms with Crippen LogP contribution >= 0.6 is 0 Å². The van der Waals surface area contributed by atoms with Crippen molar-refractivity contribution in [3.63, 3.8) is 0 Å². The number of piperidine rings is 1. The molecule has 4 aliphatic rings. The van der Waals surface area contributed by atoms with E-state index in [-0.39, 0.29) is 6.42 Å². The van der Waals surface area contributed by atoms with Crippen LogP contribution in [0.1, 0.15) is 12.8 Å². The highest BCUT2D eigenvalue weighted by atomic mass is 19.3. The average molecular weight is 372 g/mol. The molecular formula is C19H22F2N6. The van der Waals surface area contributed by atoms with E-state index in [1.54, 1.807) is 12.4 Å². The highest BCUT2D eigenvalue weighted by Crippen LogP contribution is 2.65. The van der Waals surface area contributed by atoms with Gasteiger partial charge in [0.25, 0.3) is 5.92 Å². The molecule has 1 N–H and O–H groups in total. The standard InChI is InChI=1S/C19H22F2N6/c1-26-7-12-13(8-26)15(12)25-17-23-6-11-2-4-22-16(14(11)24-17)27-5-3-18(10-27)9-19(18,20)21/h2,4,6,12-13,15H,3,5,7-10H2,1H3,(H,23,24,25)/t12-,13+,15?,18?. The molecule has 8 heteroatoms. The van der Waals surface area contributed by atoms with Gasteiger partial charge in [-0.25, -0.2) is 23.7 Å². The summed E-state index contributed by atoms with van der Waals surface area (Å²) >= 11 is 0. The van der Waals surface area contributed by atoms with Crippen LogP contribution in [-0.2, 0) is 0 Å². The summed E-state index contributed by atoms with van der Waals surface area (Å²) in [6, 6.07) is 2.32. The Kier molecular flexibility index (Phi) is 2.97. The molecule has 6 nitrogen and oxygen atoms in total. The topological polar surface area (TPSA) is 57.2 Å². The van der Waals surface area contributed by atoms with Crippen molar-refractivity contribution in [3.05, 3.63) is 18.5 Å². The van der Waals surface area contributed by atoms with Crippen molar-refractivity contribution in [1.29, 1.82) is 0 Å². The minimum Gasteiger partial charge on any atom is -0.354 e. The van der Waals surface area contributed by atoms with Crippen molar-refractivity contribution in [1.82, 2.24) is 19.9 Å². The van der Waals surface area contributed by atoms with Gasteiger partial charge in [0.2, 0.25) is 5.95 Å². The molecule has 4 fully saturated rings. The van der Waals surface area contributed by atoms with E-state index in [4.69, 9.17) is 4.98 Å². The fourth-order valence-corrected chi connectivity index (χ4v) is 5.22. The third-order valence-corrected chi connectivity index (χ3v) is 7.02. The van der Waals surface area contributed by atoms with Crippen LogP contribution in [0.2, 0.25) is 0 Å². The number of hydrogen-bond donors (Lipinski definition) is 1. The van der Waals surface area contributed by atoms with E-state index in [1.165, 1.54) is 0 Å². The minimum absolute atomic E-state index is 0.00194. The lowest BCUT2D eigenvalue weighted by Crippen LogP contribution is -2.25. The number of fused-ring (bicyclic) bond motifs is 2. The van der Waals surface area contributed by atoms with Crippen LogP contribution in [0.5, 0.6) is 0 Å². The molecule has 0 amide bonds. The summed E-state index contributed by atoms with van der Waals surface area (Å²) in [6.07, 6.45) is 4.04. The van der Waals surface area contributed by atoms with Crippen LogP contribution in [0.4, 0.5) is 20.5 Å². The SMILES string of the molecule is CN1C[C@@H]2C(Nc3ncc4ccnc(N5CCC6(C5)CC6(F)F)c4n3)[C@@H]2C1. The molecule has 2 aliphatic heterocycles. The summed E-state index contributed by atoms with van der Waals surface area (Å²) in [4.78, 5) is 18.0. The zero-order valence-corrected chi connectivity index (χ0v) is 15.2. The van der Waals surface area contributed by atoms with Gasteiger partial charge >= 0.3 is 0 Å². The first kappa shape index (κ1) is 15.9. The zero-order chi connectivity index (χ0) is 18.4. The zero-order valence-electron chi connectivity index (χ0n) is 15.2. The molecule has 0 bridgehead atoms. The third-order valence-electron chi connectivity index (χ3n) is 7.02. The second kappa shape index (κ2) is 5.04. The van der Waals surface area contributed by atoms with Gasteiger partial charge in [0.05, 0.1) is 5.41 Å². The van der Waals surface area contributed by atoms with Gasteiger partial charge in [-0.2, -0.15) is 0 Å². The van der Waals surface area contributed by atoms with E-state index in [1.807, 2.05) is 11.0 Å². The summed E-state index contributed by atoms with van der Waals surface area (Å²) < 4.78 is 27.5. The maximum absolute atomic E-state index is 13.8. The number of nitrogens with one attached hydrogen (secondary N) is 1. The molecule has 142 valence electrons.